The molecule has 0 radical (unpaired) electrons. The third kappa shape index (κ3) is 3.64. The van der Waals surface area contributed by atoms with Crippen LogP contribution in [-0.4, -0.2) is 7.05 Å². The maximum absolute atomic E-state index is 5.42. The molecule has 0 aliphatic rings. The largest absolute Gasteiger partial charge is 0.402 e. The highest BCUT2D eigenvalue weighted by Crippen LogP contribution is 1.91. The van der Waals surface area contributed by atoms with Gasteiger partial charge in [-0.3, -0.25) is 0 Å². The van der Waals surface area contributed by atoms with Crippen molar-refractivity contribution < 1.29 is 0 Å². The average Bonchev–Trinajstić information content (AvgIpc) is 1.82. The van der Waals surface area contributed by atoms with Crippen LogP contribution in [0.5, 0.6) is 0 Å². The molecule has 0 aromatic heterocycles. The van der Waals surface area contributed by atoms with E-state index in [1.54, 1.807) is 0 Å². The first kappa shape index (κ1) is 8.08. The second-order valence-electron chi connectivity index (χ2n) is 1.88. The Morgan fingerprint density at radius 3 is 2.22 bits per heavy atom. The molecule has 0 saturated carbocycles. The monoisotopic (exact) mass is 126 g/mol. The molecule has 0 aromatic rings. The van der Waals surface area contributed by atoms with E-state index in [0.717, 1.165) is 11.4 Å². The van der Waals surface area contributed by atoms with Crippen LogP contribution in [0, 0.1) is 0 Å². The van der Waals surface area contributed by atoms with Crippen molar-refractivity contribution in [3.8, 4) is 0 Å². The van der Waals surface area contributed by atoms with Gasteiger partial charge in [-0.15, -0.1) is 0 Å². The van der Waals surface area contributed by atoms with Gasteiger partial charge in [-0.2, -0.15) is 0 Å². The summed E-state index contributed by atoms with van der Waals surface area (Å²) in [6.07, 6.45) is 3.86. The van der Waals surface area contributed by atoms with E-state index in [1.165, 1.54) is 0 Å². The lowest BCUT2D eigenvalue weighted by Crippen LogP contribution is -2.04. The highest BCUT2D eigenvalue weighted by atomic mass is 14.8. The summed E-state index contributed by atoms with van der Waals surface area (Å²) in [7, 11) is 1.87. The number of hydrogen-bond donors (Lipinski definition) is 2. The first-order valence-corrected chi connectivity index (χ1v) is 2.98. The lowest BCUT2D eigenvalue weighted by Gasteiger charge is -1.98. The Hall–Kier alpha value is -0.920. The third-order valence-electron chi connectivity index (χ3n) is 0.983. The van der Waals surface area contributed by atoms with Gasteiger partial charge in [-0.05, 0) is 19.9 Å². The zero-order chi connectivity index (χ0) is 7.28. The maximum atomic E-state index is 5.42. The summed E-state index contributed by atoms with van der Waals surface area (Å²) >= 11 is 0. The van der Waals surface area contributed by atoms with Gasteiger partial charge >= 0.3 is 0 Å². The fourth-order valence-electron chi connectivity index (χ4n) is 0.545. The van der Waals surface area contributed by atoms with Crippen LogP contribution in [-0.2, 0) is 0 Å². The summed E-state index contributed by atoms with van der Waals surface area (Å²) in [6, 6.07) is 0. The van der Waals surface area contributed by atoms with E-state index in [2.05, 4.69) is 5.32 Å². The van der Waals surface area contributed by atoms with Gasteiger partial charge in [0.15, 0.2) is 0 Å². The first-order valence-electron chi connectivity index (χ1n) is 2.98. The molecule has 0 aliphatic heterocycles. The standard InChI is InChI=1S/C7H14N2/c1-4-7(9-3)5-6(2)8/h4-5,9H,8H2,1-3H3/b6-5+,7-4+. The van der Waals surface area contributed by atoms with Gasteiger partial charge in [0.05, 0.1) is 0 Å². The Balaban J connectivity index is 4.01. The Bertz CT molecular complexity index is 130. The molecule has 0 heterocycles. The Kier molecular flexibility index (Phi) is 3.60. The van der Waals surface area contributed by atoms with Gasteiger partial charge in [0.2, 0.25) is 0 Å². The maximum Gasteiger partial charge on any atom is 0.0311 e. The van der Waals surface area contributed by atoms with Crippen molar-refractivity contribution in [1.29, 1.82) is 0 Å². The minimum Gasteiger partial charge on any atom is -0.402 e. The Morgan fingerprint density at radius 1 is 1.56 bits per heavy atom. The molecule has 0 saturated heterocycles. The van der Waals surface area contributed by atoms with Gasteiger partial charge in [-0.25, -0.2) is 0 Å². The summed E-state index contributed by atoms with van der Waals surface area (Å²) in [6.45, 7) is 3.83. The molecule has 0 spiro atoms. The van der Waals surface area contributed by atoms with Crippen LogP contribution in [0.25, 0.3) is 0 Å². The summed E-state index contributed by atoms with van der Waals surface area (Å²) in [5.41, 5.74) is 7.29. The summed E-state index contributed by atoms with van der Waals surface area (Å²) in [5, 5.41) is 2.99. The molecule has 0 atom stereocenters. The van der Waals surface area contributed by atoms with E-state index in [4.69, 9.17) is 5.73 Å². The fourth-order valence-corrected chi connectivity index (χ4v) is 0.545. The van der Waals surface area contributed by atoms with E-state index in [-0.39, 0.29) is 0 Å². The summed E-state index contributed by atoms with van der Waals surface area (Å²) < 4.78 is 0. The van der Waals surface area contributed by atoms with E-state index in [0.29, 0.717) is 0 Å². The van der Waals surface area contributed by atoms with Crippen LogP contribution < -0.4 is 11.1 Å². The lowest BCUT2D eigenvalue weighted by molar-refractivity contribution is 1.02. The molecule has 0 fully saturated rings. The zero-order valence-corrected chi connectivity index (χ0v) is 6.23. The van der Waals surface area contributed by atoms with Crippen molar-refractivity contribution in [1.82, 2.24) is 5.32 Å². The number of rotatable bonds is 2. The molecular formula is C7H14N2. The van der Waals surface area contributed by atoms with E-state index in [1.807, 2.05) is 33.0 Å². The van der Waals surface area contributed by atoms with Crippen molar-refractivity contribution >= 4 is 0 Å². The van der Waals surface area contributed by atoms with Crippen LogP contribution >= 0.6 is 0 Å². The van der Waals surface area contributed by atoms with E-state index >= 15 is 0 Å². The molecule has 9 heavy (non-hydrogen) atoms. The molecule has 0 bridgehead atoms. The van der Waals surface area contributed by atoms with Gasteiger partial charge in [0.1, 0.15) is 0 Å². The summed E-state index contributed by atoms with van der Waals surface area (Å²) in [5.74, 6) is 0. The van der Waals surface area contributed by atoms with Gasteiger partial charge in [-0.1, -0.05) is 6.08 Å². The smallest absolute Gasteiger partial charge is 0.0311 e. The normalized spacial score (nSPS) is 13.7. The second-order valence-corrected chi connectivity index (χ2v) is 1.88. The first-order chi connectivity index (χ1) is 4.20. The number of nitrogens with one attached hydrogen (secondary N) is 1. The molecule has 0 unspecified atom stereocenters. The molecule has 0 rings (SSSR count). The highest BCUT2D eigenvalue weighted by molar-refractivity contribution is 5.18. The molecule has 0 aliphatic carbocycles. The van der Waals surface area contributed by atoms with Crippen LogP contribution in [0.4, 0.5) is 0 Å². The predicted molar refractivity (Wildman–Crippen MR) is 40.8 cm³/mol. The Labute approximate surface area is 56.4 Å². The van der Waals surface area contributed by atoms with Gasteiger partial charge < -0.3 is 11.1 Å². The second kappa shape index (κ2) is 4.01. The molecule has 52 valence electrons. The molecular weight excluding hydrogens is 112 g/mol. The molecule has 2 nitrogen and oxygen atoms in total. The SMILES string of the molecule is C/C=C(\C=C(/C)N)NC. The Morgan fingerprint density at radius 2 is 2.11 bits per heavy atom. The van der Waals surface area contributed by atoms with Crippen molar-refractivity contribution in [2.75, 3.05) is 7.05 Å². The average molecular weight is 126 g/mol. The van der Waals surface area contributed by atoms with Crippen molar-refractivity contribution in [3.63, 3.8) is 0 Å². The predicted octanol–water partition coefficient (Wildman–Crippen LogP) is 0.972. The minimum atomic E-state index is 0.817. The van der Waals surface area contributed by atoms with Gasteiger partial charge in [0.25, 0.3) is 0 Å². The number of hydrogen-bond acceptors (Lipinski definition) is 2. The molecule has 3 N–H and O–H groups in total. The fraction of sp³-hybridized carbons (Fsp3) is 0.429. The topological polar surface area (TPSA) is 38.0 Å². The third-order valence-corrected chi connectivity index (χ3v) is 0.983. The quantitative estimate of drug-likeness (QED) is 0.541. The zero-order valence-electron chi connectivity index (χ0n) is 6.23. The lowest BCUT2D eigenvalue weighted by atomic mass is 10.3. The minimum absolute atomic E-state index is 0.817. The van der Waals surface area contributed by atoms with Crippen molar-refractivity contribution in [2.45, 2.75) is 13.8 Å². The molecule has 0 amide bonds. The number of likely N-dealkylation sites (N-methyl/N-ethyl adjacent to an activating group) is 1. The molecule has 2 heteroatoms. The van der Waals surface area contributed by atoms with Crippen LogP contribution in [0.1, 0.15) is 13.8 Å². The summed E-state index contributed by atoms with van der Waals surface area (Å²) in [4.78, 5) is 0. The van der Waals surface area contributed by atoms with E-state index in [9.17, 15) is 0 Å². The van der Waals surface area contributed by atoms with Crippen LogP contribution in [0.2, 0.25) is 0 Å². The number of nitrogens with two attached hydrogens (primary N) is 1. The van der Waals surface area contributed by atoms with Gasteiger partial charge in [0, 0.05) is 18.4 Å². The number of allylic oxidation sites excluding steroid dienone is 3. The van der Waals surface area contributed by atoms with Crippen molar-refractivity contribution in [3.05, 3.63) is 23.5 Å². The van der Waals surface area contributed by atoms with E-state index < -0.39 is 0 Å². The van der Waals surface area contributed by atoms with Crippen LogP contribution in [0.15, 0.2) is 23.5 Å². The van der Waals surface area contributed by atoms with Crippen LogP contribution in [0.3, 0.4) is 0 Å². The molecule has 0 aromatic carbocycles. The van der Waals surface area contributed by atoms with Crippen molar-refractivity contribution in [2.24, 2.45) is 5.73 Å². The highest BCUT2D eigenvalue weighted by Gasteiger charge is 1.82.